The third kappa shape index (κ3) is 2.18. The summed E-state index contributed by atoms with van der Waals surface area (Å²) in [5.74, 6) is 5.16. The summed E-state index contributed by atoms with van der Waals surface area (Å²) >= 11 is 0. The summed E-state index contributed by atoms with van der Waals surface area (Å²) in [5.41, 5.74) is 6.66. The highest BCUT2D eigenvalue weighted by molar-refractivity contribution is 5.79. The minimum Gasteiger partial charge on any atom is -0.464 e. The van der Waals surface area contributed by atoms with Gasteiger partial charge in [-0.3, -0.25) is 4.79 Å². The van der Waals surface area contributed by atoms with Gasteiger partial charge < -0.3 is 10.2 Å². The standard InChI is InChI=1S/C12H9NO2/c13-12(14)3-1-2-9-4-5-11-10(8-9)6-7-15-11/h4-8H,3H2,(H2,13,14). The van der Waals surface area contributed by atoms with Crippen LogP contribution in [0.1, 0.15) is 12.0 Å². The zero-order chi connectivity index (χ0) is 10.7. The Morgan fingerprint density at radius 3 is 3.07 bits per heavy atom. The van der Waals surface area contributed by atoms with E-state index < -0.39 is 5.91 Å². The van der Waals surface area contributed by atoms with Gasteiger partial charge in [-0.2, -0.15) is 0 Å². The number of carbonyl (C=O) groups excluding carboxylic acids is 1. The van der Waals surface area contributed by atoms with Crippen molar-refractivity contribution in [2.75, 3.05) is 0 Å². The summed E-state index contributed by atoms with van der Waals surface area (Å²) in [6, 6.07) is 7.48. The van der Waals surface area contributed by atoms with Crippen molar-refractivity contribution in [3.8, 4) is 11.8 Å². The second-order valence-corrected chi connectivity index (χ2v) is 3.12. The first-order chi connectivity index (χ1) is 7.25. The van der Waals surface area contributed by atoms with Crippen LogP contribution in [0, 0.1) is 11.8 Å². The quantitative estimate of drug-likeness (QED) is 0.710. The molecule has 1 aromatic carbocycles. The van der Waals surface area contributed by atoms with Gasteiger partial charge in [-0.25, -0.2) is 0 Å². The van der Waals surface area contributed by atoms with Gasteiger partial charge in [0.2, 0.25) is 5.91 Å². The lowest BCUT2D eigenvalue weighted by molar-refractivity contribution is -0.117. The third-order valence-corrected chi connectivity index (χ3v) is 1.95. The lowest BCUT2D eigenvalue weighted by Crippen LogP contribution is -2.08. The normalized spacial score (nSPS) is 9.60. The molecule has 0 unspecified atom stereocenters. The van der Waals surface area contributed by atoms with Crippen LogP contribution >= 0.6 is 0 Å². The van der Waals surface area contributed by atoms with E-state index in [1.54, 1.807) is 6.26 Å². The SMILES string of the molecule is NC(=O)CC#Cc1ccc2occc2c1. The molecule has 2 N–H and O–H groups in total. The molecule has 0 spiro atoms. The molecule has 0 bridgehead atoms. The maximum atomic E-state index is 10.5. The number of benzene rings is 1. The number of furan rings is 1. The summed E-state index contributed by atoms with van der Waals surface area (Å²) in [4.78, 5) is 10.5. The Kier molecular flexibility index (Phi) is 2.42. The number of rotatable bonds is 1. The fourth-order valence-electron chi connectivity index (χ4n) is 1.28. The minimum atomic E-state index is -0.410. The lowest BCUT2D eigenvalue weighted by atomic mass is 10.1. The predicted molar refractivity (Wildman–Crippen MR) is 56.9 cm³/mol. The molecule has 3 nitrogen and oxygen atoms in total. The first-order valence-corrected chi connectivity index (χ1v) is 4.50. The molecule has 1 heterocycles. The van der Waals surface area contributed by atoms with Crippen LogP contribution in [0.3, 0.4) is 0 Å². The summed E-state index contributed by atoms with van der Waals surface area (Å²) in [6.07, 6.45) is 1.72. The van der Waals surface area contributed by atoms with E-state index in [0.717, 1.165) is 16.5 Å². The molecule has 0 fully saturated rings. The number of fused-ring (bicyclic) bond motifs is 1. The molecule has 0 saturated heterocycles. The van der Waals surface area contributed by atoms with E-state index in [4.69, 9.17) is 10.2 Å². The third-order valence-electron chi connectivity index (χ3n) is 1.95. The van der Waals surface area contributed by atoms with Crippen LogP contribution < -0.4 is 5.73 Å². The fourth-order valence-corrected chi connectivity index (χ4v) is 1.28. The van der Waals surface area contributed by atoms with Crippen molar-refractivity contribution in [3.63, 3.8) is 0 Å². The van der Waals surface area contributed by atoms with E-state index in [1.807, 2.05) is 24.3 Å². The lowest BCUT2D eigenvalue weighted by Gasteiger charge is -1.90. The van der Waals surface area contributed by atoms with Crippen LogP contribution in [0.15, 0.2) is 34.9 Å². The Labute approximate surface area is 86.9 Å². The molecule has 0 aliphatic rings. The van der Waals surface area contributed by atoms with E-state index in [0.29, 0.717) is 0 Å². The maximum Gasteiger partial charge on any atom is 0.229 e. The van der Waals surface area contributed by atoms with E-state index in [9.17, 15) is 4.79 Å². The maximum absolute atomic E-state index is 10.5. The van der Waals surface area contributed by atoms with Crippen molar-refractivity contribution >= 4 is 16.9 Å². The summed E-state index contributed by atoms with van der Waals surface area (Å²) in [6.45, 7) is 0. The monoisotopic (exact) mass is 199 g/mol. The zero-order valence-corrected chi connectivity index (χ0v) is 7.99. The van der Waals surface area contributed by atoms with Gasteiger partial charge in [0.25, 0.3) is 0 Å². The van der Waals surface area contributed by atoms with Gasteiger partial charge in [0.15, 0.2) is 0 Å². The number of nitrogens with two attached hydrogens (primary N) is 1. The van der Waals surface area contributed by atoms with E-state index in [2.05, 4.69) is 11.8 Å². The molecule has 2 rings (SSSR count). The first kappa shape index (κ1) is 9.35. The Morgan fingerprint density at radius 1 is 1.40 bits per heavy atom. The number of carbonyl (C=O) groups is 1. The van der Waals surface area contributed by atoms with Crippen molar-refractivity contribution in [1.82, 2.24) is 0 Å². The molecular weight excluding hydrogens is 190 g/mol. The van der Waals surface area contributed by atoms with Crippen molar-refractivity contribution in [2.24, 2.45) is 5.73 Å². The van der Waals surface area contributed by atoms with Crippen LogP contribution in [-0.2, 0) is 4.79 Å². The highest BCUT2D eigenvalue weighted by Crippen LogP contribution is 2.16. The minimum absolute atomic E-state index is 0.0867. The Balaban J connectivity index is 2.27. The molecular formula is C12H9NO2. The summed E-state index contributed by atoms with van der Waals surface area (Å²) < 4.78 is 5.19. The van der Waals surface area contributed by atoms with Crippen molar-refractivity contribution in [1.29, 1.82) is 0 Å². The van der Waals surface area contributed by atoms with E-state index in [-0.39, 0.29) is 6.42 Å². The molecule has 1 aromatic heterocycles. The first-order valence-electron chi connectivity index (χ1n) is 4.50. The molecule has 0 radical (unpaired) electrons. The number of amides is 1. The van der Waals surface area contributed by atoms with Gasteiger partial charge in [-0.1, -0.05) is 11.8 Å². The van der Waals surface area contributed by atoms with Gasteiger partial charge in [-0.15, -0.1) is 0 Å². The topological polar surface area (TPSA) is 56.2 Å². The number of primary amides is 1. The highest BCUT2D eigenvalue weighted by Gasteiger charge is 1.96. The molecule has 0 aliphatic heterocycles. The summed E-state index contributed by atoms with van der Waals surface area (Å²) in [7, 11) is 0. The Bertz CT molecular complexity index is 557. The largest absolute Gasteiger partial charge is 0.464 e. The van der Waals surface area contributed by atoms with E-state index in [1.165, 1.54) is 0 Å². The second-order valence-electron chi connectivity index (χ2n) is 3.12. The summed E-state index contributed by atoms with van der Waals surface area (Å²) in [5, 5.41) is 1.00. The second kappa shape index (κ2) is 3.89. The zero-order valence-electron chi connectivity index (χ0n) is 7.99. The Hall–Kier alpha value is -2.21. The fraction of sp³-hybridized carbons (Fsp3) is 0.0833. The smallest absolute Gasteiger partial charge is 0.229 e. The molecule has 0 atom stereocenters. The van der Waals surface area contributed by atoms with Gasteiger partial charge in [0, 0.05) is 10.9 Å². The average molecular weight is 199 g/mol. The molecule has 3 heteroatoms. The average Bonchev–Trinajstić information content (AvgIpc) is 2.64. The van der Waals surface area contributed by atoms with Gasteiger partial charge >= 0.3 is 0 Å². The van der Waals surface area contributed by atoms with Crippen LogP contribution in [0.2, 0.25) is 0 Å². The predicted octanol–water partition coefficient (Wildman–Crippen LogP) is 1.66. The van der Waals surface area contributed by atoms with Crippen LogP contribution in [0.5, 0.6) is 0 Å². The van der Waals surface area contributed by atoms with Crippen molar-refractivity contribution < 1.29 is 9.21 Å². The van der Waals surface area contributed by atoms with Gasteiger partial charge in [0.1, 0.15) is 5.58 Å². The number of hydrogen-bond acceptors (Lipinski definition) is 2. The van der Waals surface area contributed by atoms with Crippen LogP contribution in [0.25, 0.3) is 11.0 Å². The Morgan fingerprint density at radius 2 is 2.27 bits per heavy atom. The van der Waals surface area contributed by atoms with Gasteiger partial charge in [-0.05, 0) is 24.3 Å². The highest BCUT2D eigenvalue weighted by atomic mass is 16.3. The molecule has 0 aliphatic carbocycles. The molecule has 0 saturated carbocycles. The van der Waals surface area contributed by atoms with Crippen LogP contribution in [-0.4, -0.2) is 5.91 Å². The molecule has 74 valence electrons. The molecule has 2 aromatic rings. The molecule has 1 amide bonds. The van der Waals surface area contributed by atoms with Crippen molar-refractivity contribution in [2.45, 2.75) is 6.42 Å². The number of hydrogen-bond donors (Lipinski definition) is 1. The van der Waals surface area contributed by atoms with Crippen molar-refractivity contribution in [3.05, 3.63) is 36.1 Å². The van der Waals surface area contributed by atoms with E-state index >= 15 is 0 Å². The van der Waals surface area contributed by atoms with Gasteiger partial charge in [0.05, 0.1) is 12.7 Å². The van der Waals surface area contributed by atoms with Crippen LogP contribution in [0.4, 0.5) is 0 Å². The molecule has 15 heavy (non-hydrogen) atoms.